The summed E-state index contributed by atoms with van der Waals surface area (Å²) < 4.78 is 19.4. The third-order valence-corrected chi connectivity index (χ3v) is 17.5. The molecule has 2 aromatic carbocycles. The molecule has 0 aliphatic rings. The van der Waals surface area contributed by atoms with Gasteiger partial charge in [-0.15, -0.1) is 0 Å². The van der Waals surface area contributed by atoms with Crippen LogP contribution in [0.1, 0.15) is 38.8 Å². The van der Waals surface area contributed by atoms with Gasteiger partial charge in [0.1, 0.15) is 0 Å². The molecule has 3 nitrogen and oxygen atoms in total. The summed E-state index contributed by atoms with van der Waals surface area (Å²) in [5, 5.41) is 0. The quantitative estimate of drug-likeness (QED) is 0.194. The number of hydrogen-bond acceptors (Lipinski definition) is 3. The SMILES string of the molecule is CC[Si](CC)(CCOCc1ccccc1)O[Si](CC)(CC)CCOCc1ccccc1. The third kappa shape index (κ3) is 8.66. The fraction of sp³-hybridized carbons (Fsp3) is 0.538. The maximum atomic E-state index is 7.24. The van der Waals surface area contributed by atoms with Crippen LogP contribution >= 0.6 is 0 Å². The zero-order chi connectivity index (χ0) is 22.4. The highest BCUT2D eigenvalue weighted by Gasteiger charge is 2.41. The lowest BCUT2D eigenvalue weighted by Gasteiger charge is -2.41. The molecule has 0 fully saturated rings. The number of hydrogen-bond donors (Lipinski definition) is 0. The molecular weight excluding hydrogens is 416 g/mol. The summed E-state index contributed by atoms with van der Waals surface area (Å²) in [6.07, 6.45) is 0. The lowest BCUT2D eigenvalue weighted by atomic mass is 10.2. The maximum Gasteiger partial charge on any atom is 0.181 e. The van der Waals surface area contributed by atoms with Gasteiger partial charge in [0.15, 0.2) is 16.6 Å². The normalized spacial score (nSPS) is 12.3. The van der Waals surface area contributed by atoms with Crippen LogP contribution in [-0.4, -0.2) is 29.8 Å². The van der Waals surface area contributed by atoms with Crippen LogP contribution in [0.15, 0.2) is 60.7 Å². The van der Waals surface area contributed by atoms with Crippen molar-refractivity contribution in [1.29, 1.82) is 0 Å². The van der Waals surface area contributed by atoms with Crippen LogP contribution in [0.5, 0.6) is 0 Å². The van der Waals surface area contributed by atoms with E-state index in [2.05, 4.69) is 76.2 Å². The Morgan fingerprint density at radius 2 is 0.903 bits per heavy atom. The van der Waals surface area contributed by atoms with Crippen molar-refractivity contribution in [2.75, 3.05) is 13.2 Å². The third-order valence-electron chi connectivity index (χ3n) is 6.64. The van der Waals surface area contributed by atoms with E-state index in [0.29, 0.717) is 13.2 Å². The molecule has 0 bridgehead atoms. The van der Waals surface area contributed by atoms with E-state index in [9.17, 15) is 0 Å². The molecular formula is C26H42O3Si2. The Morgan fingerprint density at radius 1 is 0.548 bits per heavy atom. The van der Waals surface area contributed by atoms with Gasteiger partial charge in [-0.05, 0) is 47.4 Å². The molecule has 0 atom stereocenters. The Morgan fingerprint density at radius 3 is 1.23 bits per heavy atom. The van der Waals surface area contributed by atoms with E-state index in [-0.39, 0.29) is 0 Å². The Hall–Kier alpha value is -1.25. The predicted octanol–water partition coefficient (Wildman–Crippen LogP) is 7.41. The van der Waals surface area contributed by atoms with E-state index in [1.54, 1.807) is 0 Å². The van der Waals surface area contributed by atoms with Crippen LogP contribution < -0.4 is 0 Å². The van der Waals surface area contributed by atoms with Gasteiger partial charge >= 0.3 is 0 Å². The van der Waals surface area contributed by atoms with Crippen LogP contribution in [0, 0.1) is 0 Å². The summed E-state index contributed by atoms with van der Waals surface area (Å²) in [5.74, 6) is 0. The topological polar surface area (TPSA) is 27.7 Å². The molecule has 0 N–H and O–H groups in total. The molecule has 0 heterocycles. The second kappa shape index (κ2) is 14.0. The molecule has 172 valence electrons. The largest absolute Gasteiger partial charge is 0.455 e. The fourth-order valence-corrected chi connectivity index (χ4v) is 14.3. The zero-order valence-electron chi connectivity index (χ0n) is 20.1. The molecule has 2 rings (SSSR count). The molecule has 0 spiro atoms. The van der Waals surface area contributed by atoms with E-state index in [0.717, 1.165) is 49.5 Å². The minimum absolute atomic E-state index is 0.691. The van der Waals surface area contributed by atoms with Crippen molar-refractivity contribution in [2.24, 2.45) is 0 Å². The standard InChI is InChI=1S/C26H42O3Si2/c1-5-30(6-2,21-19-27-23-25-15-11-9-12-16-25)29-31(7-3,8-4)22-20-28-24-26-17-13-10-14-18-26/h9-18H,5-8,19-24H2,1-4H3. The van der Waals surface area contributed by atoms with Crippen molar-refractivity contribution in [3.05, 3.63) is 71.8 Å². The van der Waals surface area contributed by atoms with Gasteiger partial charge in [0, 0.05) is 13.2 Å². The number of benzene rings is 2. The average molecular weight is 459 g/mol. The van der Waals surface area contributed by atoms with Gasteiger partial charge in [-0.2, -0.15) is 0 Å². The van der Waals surface area contributed by atoms with Crippen molar-refractivity contribution in [1.82, 2.24) is 0 Å². The van der Waals surface area contributed by atoms with Crippen LogP contribution in [-0.2, 0) is 26.8 Å². The van der Waals surface area contributed by atoms with Crippen molar-refractivity contribution in [3.8, 4) is 0 Å². The maximum absolute atomic E-state index is 7.24. The Kier molecular flexibility index (Phi) is 11.8. The van der Waals surface area contributed by atoms with Gasteiger partial charge in [-0.1, -0.05) is 88.4 Å². The molecule has 31 heavy (non-hydrogen) atoms. The van der Waals surface area contributed by atoms with Gasteiger partial charge < -0.3 is 13.6 Å². The molecule has 0 radical (unpaired) electrons. The molecule has 0 saturated heterocycles. The van der Waals surface area contributed by atoms with Crippen molar-refractivity contribution < 1.29 is 13.6 Å². The Balaban J connectivity index is 1.88. The monoisotopic (exact) mass is 458 g/mol. The summed E-state index contributed by atoms with van der Waals surface area (Å²) in [6, 6.07) is 27.7. The first-order chi connectivity index (χ1) is 15.1. The minimum Gasteiger partial charge on any atom is -0.455 e. The molecule has 0 aromatic heterocycles. The second-order valence-electron chi connectivity index (χ2n) is 8.46. The van der Waals surface area contributed by atoms with Gasteiger partial charge in [0.25, 0.3) is 0 Å². The lowest BCUT2D eigenvalue weighted by molar-refractivity contribution is 0.129. The van der Waals surface area contributed by atoms with Crippen LogP contribution in [0.4, 0.5) is 0 Å². The highest BCUT2D eigenvalue weighted by Crippen LogP contribution is 2.32. The summed E-state index contributed by atoms with van der Waals surface area (Å²) in [4.78, 5) is 0. The highest BCUT2D eigenvalue weighted by atomic mass is 28.4. The second-order valence-corrected chi connectivity index (χ2v) is 17.8. The first kappa shape index (κ1) is 26.0. The summed E-state index contributed by atoms with van der Waals surface area (Å²) in [6.45, 7) is 12.3. The van der Waals surface area contributed by atoms with Crippen molar-refractivity contribution in [3.63, 3.8) is 0 Å². The van der Waals surface area contributed by atoms with Crippen LogP contribution in [0.2, 0.25) is 36.3 Å². The molecule has 5 heteroatoms. The summed E-state index contributed by atoms with van der Waals surface area (Å²) in [7, 11) is -3.60. The first-order valence-corrected chi connectivity index (χ1v) is 17.1. The first-order valence-electron chi connectivity index (χ1n) is 12.0. The number of ether oxygens (including phenoxy) is 2. The van der Waals surface area contributed by atoms with Gasteiger partial charge in [0.05, 0.1) is 13.2 Å². The Labute approximate surface area is 192 Å². The van der Waals surface area contributed by atoms with E-state index in [1.807, 2.05) is 12.1 Å². The zero-order valence-corrected chi connectivity index (χ0v) is 22.1. The van der Waals surface area contributed by atoms with Crippen molar-refractivity contribution >= 4 is 16.6 Å². The highest BCUT2D eigenvalue weighted by molar-refractivity contribution is 6.87. The smallest absolute Gasteiger partial charge is 0.181 e. The summed E-state index contributed by atoms with van der Waals surface area (Å²) >= 11 is 0. The molecule has 0 aliphatic carbocycles. The molecule has 0 amide bonds. The van der Waals surface area contributed by atoms with E-state index < -0.39 is 16.6 Å². The molecule has 0 saturated carbocycles. The van der Waals surface area contributed by atoms with Crippen molar-refractivity contribution in [2.45, 2.75) is 77.2 Å². The Bertz CT molecular complexity index is 640. The number of rotatable bonds is 16. The van der Waals surface area contributed by atoms with Crippen LogP contribution in [0.25, 0.3) is 0 Å². The van der Waals surface area contributed by atoms with E-state index in [4.69, 9.17) is 13.6 Å². The fourth-order valence-electron chi connectivity index (χ4n) is 4.10. The van der Waals surface area contributed by atoms with Gasteiger partial charge in [-0.3, -0.25) is 0 Å². The molecule has 0 unspecified atom stereocenters. The molecule has 2 aromatic rings. The minimum atomic E-state index is -1.80. The molecule has 0 aliphatic heterocycles. The summed E-state index contributed by atoms with van der Waals surface area (Å²) in [5.41, 5.74) is 2.48. The lowest BCUT2D eigenvalue weighted by Crippen LogP contribution is -2.51. The predicted molar refractivity (Wildman–Crippen MR) is 136 cm³/mol. The van der Waals surface area contributed by atoms with Gasteiger partial charge in [-0.25, -0.2) is 0 Å². The average Bonchev–Trinajstić information content (AvgIpc) is 2.84. The van der Waals surface area contributed by atoms with E-state index in [1.165, 1.54) is 11.1 Å². The van der Waals surface area contributed by atoms with Crippen LogP contribution in [0.3, 0.4) is 0 Å². The van der Waals surface area contributed by atoms with Gasteiger partial charge in [0.2, 0.25) is 0 Å². The van der Waals surface area contributed by atoms with E-state index >= 15 is 0 Å².